The number of alkyl halides is 3. The number of nitrogens with zero attached hydrogens (tertiary/aromatic N) is 2. The summed E-state index contributed by atoms with van der Waals surface area (Å²) >= 11 is 0. The van der Waals surface area contributed by atoms with E-state index in [1.165, 1.54) is 0 Å². The van der Waals surface area contributed by atoms with Gasteiger partial charge >= 0.3 is 6.18 Å². The highest BCUT2D eigenvalue weighted by Gasteiger charge is 2.32. The van der Waals surface area contributed by atoms with E-state index in [9.17, 15) is 13.2 Å². The molecule has 2 aromatic rings. The Morgan fingerprint density at radius 1 is 1.37 bits per heavy atom. The highest BCUT2D eigenvalue weighted by atomic mass is 19.4. The molecule has 3 N–H and O–H groups in total. The SMILES string of the molecule is Cn1c(CC(CC(F)(F)F)NN)nc2ccccc21. The number of aryl methyl sites for hydroxylation is 1. The molecule has 1 atom stereocenters. The van der Waals surface area contributed by atoms with Gasteiger partial charge in [-0.1, -0.05) is 12.1 Å². The summed E-state index contributed by atoms with van der Waals surface area (Å²) in [4.78, 5) is 4.33. The molecule has 0 aliphatic rings. The van der Waals surface area contributed by atoms with Crippen molar-refractivity contribution >= 4 is 11.0 Å². The van der Waals surface area contributed by atoms with E-state index in [0.29, 0.717) is 5.82 Å². The first-order valence-electron chi connectivity index (χ1n) is 5.84. The van der Waals surface area contributed by atoms with Gasteiger partial charge in [0.15, 0.2) is 0 Å². The molecular formula is C12H15F3N4. The van der Waals surface area contributed by atoms with Crippen molar-refractivity contribution in [1.29, 1.82) is 0 Å². The number of aromatic nitrogens is 2. The second kappa shape index (κ2) is 5.18. The van der Waals surface area contributed by atoms with Crippen molar-refractivity contribution in [3.05, 3.63) is 30.1 Å². The van der Waals surface area contributed by atoms with E-state index in [1.54, 1.807) is 11.6 Å². The molecule has 1 heterocycles. The number of para-hydroxylation sites is 2. The van der Waals surface area contributed by atoms with Crippen molar-refractivity contribution in [2.75, 3.05) is 0 Å². The molecule has 1 unspecified atom stereocenters. The number of hydrogen-bond acceptors (Lipinski definition) is 3. The molecule has 7 heteroatoms. The summed E-state index contributed by atoms with van der Waals surface area (Å²) in [6.07, 6.45) is -5.10. The van der Waals surface area contributed by atoms with Crippen LogP contribution in [0.3, 0.4) is 0 Å². The topological polar surface area (TPSA) is 55.9 Å². The van der Waals surface area contributed by atoms with Crippen molar-refractivity contribution < 1.29 is 13.2 Å². The van der Waals surface area contributed by atoms with Gasteiger partial charge in [-0.3, -0.25) is 11.3 Å². The third-order valence-corrected chi connectivity index (χ3v) is 3.02. The van der Waals surface area contributed by atoms with Crippen LogP contribution in [0.1, 0.15) is 12.2 Å². The number of hydrazine groups is 1. The molecule has 0 radical (unpaired) electrons. The van der Waals surface area contributed by atoms with Gasteiger partial charge < -0.3 is 4.57 Å². The molecule has 2 rings (SSSR count). The minimum absolute atomic E-state index is 0.126. The summed E-state index contributed by atoms with van der Waals surface area (Å²) in [5.41, 5.74) is 3.86. The van der Waals surface area contributed by atoms with Crippen LogP contribution < -0.4 is 11.3 Å². The third-order valence-electron chi connectivity index (χ3n) is 3.02. The minimum atomic E-state index is -4.25. The monoisotopic (exact) mass is 272 g/mol. The number of fused-ring (bicyclic) bond motifs is 1. The molecule has 0 saturated heterocycles. The van der Waals surface area contributed by atoms with E-state index in [0.717, 1.165) is 11.0 Å². The molecule has 0 fully saturated rings. The molecule has 0 amide bonds. The van der Waals surface area contributed by atoms with Gasteiger partial charge in [0.2, 0.25) is 0 Å². The maximum atomic E-state index is 12.4. The second-order valence-corrected chi connectivity index (χ2v) is 4.46. The molecule has 0 aliphatic heterocycles. The predicted molar refractivity (Wildman–Crippen MR) is 66.2 cm³/mol. The number of benzene rings is 1. The Balaban J connectivity index is 2.22. The largest absolute Gasteiger partial charge is 0.390 e. The average molecular weight is 272 g/mol. The first-order chi connectivity index (χ1) is 8.90. The fourth-order valence-electron chi connectivity index (χ4n) is 2.07. The Morgan fingerprint density at radius 3 is 2.63 bits per heavy atom. The molecule has 0 spiro atoms. The van der Waals surface area contributed by atoms with Crippen molar-refractivity contribution in [2.24, 2.45) is 12.9 Å². The number of nitrogens with one attached hydrogen (secondary N) is 1. The van der Waals surface area contributed by atoms with E-state index >= 15 is 0 Å². The highest BCUT2D eigenvalue weighted by Crippen LogP contribution is 2.23. The van der Waals surface area contributed by atoms with E-state index in [1.807, 2.05) is 24.3 Å². The van der Waals surface area contributed by atoms with Crippen molar-refractivity contribution in [3.8, 4) is 0 Å². The standard InChI is InChI=1S/C12H15F3N4/c1-19-10-5-3-2-4-9(10)17-11(19)6-8(18-16)7-12(13,14)15/h2-5,8,18H,6-7,16H2,1H3. The van der Waals surface area contributed by atoms with Crippen LogP contribution in [0.2, 0.25) is 0 Å². The quantitative estimate of drug-likeness (QED) is 0.660. The summed E-state index contributed by atoms with van der Waals surface area (Å²) in [6, 6.07) is 6.53. The Labute approximate surface area is 108 Å². The van der Waals surface area contributed by atoms with Crippen LogP contribution >= 0.6 is 0 Å². The molecule has 0 aliphatic carbocycles. The van der Waals surface area contributed by atoms with Crippen LogP contribution in [0.15, 0.2) is 24.3 Å². The van der Waals surface area contributed by atoms with Crippen molar-refractivity contribution in [3.63, 3.8) is 0 Å². The molecule has 4 nitrogen and oxygen atoms in total. The summed E-state index contributed by atoms with van der Waals surface area (Å²) in [7, 11) is 1.78. The number of rotatable bonds is 4. The third kappa shape index (κ3) is 3.24. The maximum absolute atomic E-state index is 12.4. The van der Waals surface area contributed by atoms with E-state index in [-0.39, 0.29) is 6.42 Å². The molecule has 0 bridgehead atoms. The number of nitrogens with two attached hydrogens (primary N) is 1. The zero-order chi connectivity index (χ0) is 14.0. The number of hydrogen-bond donors (Lipinski definition) is 2. The van der Waals surface area contributed by atoms with Gasteiger partial charge in [-0.15, -0.1) is 0 Å². The van der Waals surface area contributed by atoms with Gasteiger partial charge in [0.25, 0.3) is 0 Å². The van der Waals surface area contributed by atoms with Gasteiger partial charge in [-0.25, -0.2) is 4.98 Å². The fourth-order valence-corrected chi connectivity index (χ4v) is 2.07. The normalized spacial score (nSPS) is 13.9. The summed E-state index contributed by atoms with van der Waals surface area (Å²) in [5, 5.41) is 0. The van der Waals surface area contributed by atoms with Crippen LogP contribution in [-0.2, 0) is 13.5 Å². The van der Waals surface area contributed by atoms with Gasteiger partial charge in [0.05, 0.1) is 17.5 Å². The van der Waals surface area contributed by atoms with Crippen LogP contribution in [0.25, 0.3) is 11.0 Å². The summed E-state index contributed by atoms with van der Waals surface area (Å²) in [5.74, 6) is 5.76. The lowest BCUT2D eigenvalue weighted by Gasteiger charge is -2.17. The lowest BCUT2D eigenvalue weighted by atomic mass is 10.1. The highest BCUT2D eigenvalue weighted by molar-refractivity contribution is 5.75. The molecule has 19 heavy (non-hydrogen) atoms. The second-order valence-electron chi connectivity index (χ2n) is 4.46. The Hall–Kier alpha value is -1.60. The zero-order valence-corrected chi connectivity index (χ0v) is 10.4. The Morgan fingerprint density at radius 2 is 2.05 bits per heavy atom. The molecule has 1 aromatic heterocycles. The number of imidazole rings is 1. The van der Waals surface area contributed by atoms with Gasteiger partial charge in [0, 0.05) is 19.5 Å². The van der Waals surface area contributed by atoms with Crippen LogP contribution in [0.4, 0.5) is 13.2 Å². The van der Waals surface area contributed by atoms with Crippen molar-refractivity contribution in [1.82, 2.24) is 15.0 Å². The smallest absolute Gasteiger partial charge is 0.331 e. The predicted octanol–water partition coefficient (Wildman–Crippen LogP) is 1.90. The maximum Gasteiger partial charge on any atom is 0.390 e. The summed E-state index contributed by atoms with van der Waals surface area (Å²) in [6.45, 7) is 0. The Kier molecular flexibility index (Phi) is 3.77. The van der Waals surface area contributed by atoms with Crippen LogP contribution in [0.5, 0.6) is 0 Å². The van der Waals surface area contributed by atoms with E-state index in [2.05, 4.69) is 10.4 Å². The minimum Gasteiger partial charge on any atom is -0.331 e. The molecule has 0 saturated carbocycles. The molecular weight excluding hydrogens is 257 g/mol. The van der Waals surface area contributed by atoms with E-state index < -0.39 is 18.6 Å². The molecule has 104 valence electrons. The summed E-state index contributed by atoms with van der Waals surface area (Å²) < 4.78 is 38.9. The number of halogens is 3. The lowest BCUT2D eigenvalue weighted by Crippen LogP contribution is -2.40. The van der Waals surface area contributed by atoms with E-state index in [4.69, 9.17) is 5.84 Å². The van der Waals surface area contributed by atoms with Gasteiger partial charge in [0.1, 0.15) is 5.82 Å². The fraction of sp³-hybridized carbons (Fsp3) is 0.417. The van der Waals surface area contributed by atoms with Gasteiger partial charge in [-0.2, -0.15) is 13.2 Å². The first-order valence-corrected chi connectivity index (χ1v) is 5.84. The average Bonchev–Trinajstić information content (AvgIpc) is 2.64. The van der Waals surface area contributed by atoms with Crippen LogP contribution in [0, 0.1) is 0 Å². The van der Waals surface area contributed by atoms with Crippen molar-refractivity contribution in [2.45, 2.75) is 25.1 Å². The molecule has 1 aromatic carbocycles. The first kappa shape index (κ1) is 13.8. The Bertz CT molecular complexity index is 562. The lowest BCUT2D eigenvalue weighted by molar-refractivity contribution is -0.140. The van der Waals surface area contributed by atoms with Crippen LogP contribution in [-0.4, -0.2) is 21.8 Å². The zero-order valence-electron chi connectivity index (χ0n) is 10.4. The van der Waals surface area contributed by atoms with Gasteiger partial charge in [-0.05, 0) is 12.1 Å².